The predicted octanol–water partition coefficient (Wildman–Crippen LogP) is 2.90. The van der Waals surface area contributed by atoms with Gasteiger partial charge in [-0.05, 0) is 60.8 Å². The first-order valence-corrected chi connectivity index (χ1v) is 6.98. The van der Waals surface area contributed by atoms with Crippen LogP contribution in [0, 0.1) is 23.6 Å². The molecule has 2 aliphatic rings. The molecule has 3 unspecified atom stereocenters. The average Bonchev–Trinajstić information content (AvgIpc) is 2.83. The molecule has 0 amide bonds. The monoisotopic (exact) mass is 268 g/mol. The molecule has 1 aromatic carbocycles. The molecule has 1 aromatic rings. The number of fused-ring (bicyclic) bond motifs is 1. The van der Waals surface area contributed by atoms with Crippen LogP contribution in [0.2, 0.25) is 5.02 Å². The molecular weight excluding hydrogens is 251 g/mol. The van der Waals surface area contributed by atoms with E-state index in [1.165, 1.54) is 31.4 Å². The maximum absolute atomic E-state index is 13.2. The lowest BCUT2D eigenvalue weighted by Gasteiger charge is -2.18. The third-order valence-corrected chi connectivity index (χ3v) is 4.97. The molecule has 2 fully saturated rings. The van der Waals surface area contributed by atoms with Crippen molar-refractivity contribution in [2.24, 2.45) is 23.6 Å². The van der Waals surface area contributed by atoms with Crippen LogP contribution in [0.5, 0.6) is 0 Å². The Kier molecular flexibility index (Phi) is 3.31. The molecule has 0 saturated heterocycles. The molecule has 0 aliphatic heterocycles. The van der Waals surface area contributed by atoms with Gasteiger partial charge in [-0.15, -0.1) is 0 Å². The fraction of sp³-hybridized carbons (Fsp3) is 0.571. The summed E-state index contributed by atoms with van der Waals surface area (Å²) in [4.78, 5) is 0. The number of rotatable bonds is 4. The van der Waals surface area contributed by atoms with Gasteiger partial charge in [-0.1, -0.05) is 18.0 Å². The molecule has 2 nitrogen and oxygen atoms in total. The van der Waals surface area contributed by atoms with Crippen LogP contribution >= 0.6 is 11.6 Å². The van der Waals surface area contributed by atoms with E-state index in [1.54, 1.807) is 6.07 Å². The first kappa shape index (κ1) is 12.4. The van der Waals surface area contributed by atoms with Gasteiger partial charge in [-0.2, -0.15) is 0 Å². The Morgan fingerprint density at radius 1 is 1.39 bits per heavy atom. The molecule has 2 saturated carbocycles. The predicted molar refractivity (Wildman–Crippen MR) is 70.5 cm³/mol. The Labute approximate surface area is 112 Å². The maximum atomic E-state index is 13.2. The lowest BCUT2D eigenvalue weighted by atomic mass is 9.97. The van der Waals surface area contributed by atoms with Gasteiger partial charge in [0.25, 0.3) is 0 Å². The molecule has 0 radical (unpaired) electrons. The molecule has 0 aromatic heterocycles. The van der Waals surface area contributed by atoms with E-state index in [2.05, 4.69) is 5.43 Å². The van der Waals surface area contributed by atoms with Crippen molar-refractivity contribution < 1.29 is 4.39 Å². The number of hydrogen-bond acceptors (Lipinski definition) is 2. The van der Waals surface area contributed by atoms with Crippen LogP contribution in [0.3, 0.4) is 0 Å². The molecule has 0 spiro atoms. The molecule has 0 bridgehead atoms. The Bertz CT molecular complexity index is 441. The van der Waals surface area contributed by atoms with E-state index < -0.39 is 0 Å². The highest BCUT2D eigenvalue weighted by molar-refractivity contribution is 6.31. The van der Waals surface area contributed by atoms with Gasteiger partial charge in [-0.25, -0.2) is 4.39 Å². The highest BCUT2D eigenvalue weighted by Gasteiger charge is 2.55. The SMILES string of the molecule is NNC(Cc1cc(F)ccc1Cl)C1C2CCCC21. The van der Waals surface area contributed by atoms with E-state index in [0.29, 0.717) is 17.4 Å². The highest BCUT2D eigenvalue weighted by atomic mass is 35.5. The van der Waals surface area contributed by atoms with Crippen molar-refractivity contribution in [1.82, 2.24) is 5.43 Å². The Balaban J connectivity index is 1.72. The summed E-state index contributed by atoms with van der Waals surface area (Å²) in [5.41, 5.74) is 3.76. The molecule has 4 heteroatoms. The van der Waals surface area contributed by atoms with Gasteiger partial charge in [0.15, 0.2) is 0 Å². The number of nitrogens with one attached hydrogen (secondary N) is 1. The van der Waals surface area contributed by atoms with Gasteiger partial charge in [-0.3, -0.25) is 11.3 Å². The summed E-state index contributed by atoms with van der Waals surface area (Å²) in [6.07, 6.45) is 4.71. The standard InChI is InChI=1S/C14H18ClFN2/c15-12-5-4-9(16)6-8(12)7-13(18-17)14-10-2-1-3-11(10)14/h4-6,10-11,13-14,18H,1-3,7,17H2. The summed E-state index contributed by atoms with van der Waals surface area (Å²) in [6.45, 7) is 0. The van der Waals surface area contributed by atoms with Crippen molar-refractivity contribution in [3.05, 3.63) is 34.6 Å². The van der Waals surface area contributed by atoms with Crippen LogP contribution in [-0.4, -0.2) is 6.04 Å². The lowest BCUT2D eigenvalue weighted by Crippen LogP contribution is -2.39. The number of hydrogen-bond donors (Lipinski definition) is 2. The second-order valence-electron chi connectivity index (χ2n) is 5.55. The van der Waals surface area contributed by atoms with Crippen LogP contribution in [0.1, 0.15) is 24.8 Å². The summed E-state index contributed by atoms with van der Waals surface area (Å²) in [6, 6.07) is 4.75. The zero-order valence-corrected chi connectivity index (χ0v) is 11.0. The summed E-state index contributed by atoms with van der Waals surface area (Å²) in [7, 11) is 0. The molecule has 98 valence electrons. The summed E-state index contributed by atoms with van der Waals surface area (Å²) in [5, 5.41) is 0.627. The number of nitrogens with two attached hydrogens (primary N) is 1. The van der Waals surface area contributed by atoms with Crippen molar-refractivity contribution in [1.29, 1.82) is 0 Å². The van der Waals surface area contributed by atoms with Crippen LogP contribution in [0.15, 0.2) is 18.2 Å². The lowest BCUT2D eigenvalue weighted by molar-refractivity contribution is 0.409. The molecule has 3 atom stereocenters. The smallest absolute Gasteiger partial charge is 0.123 e. The van der Waals surface area contributed by atoms with Crippen molar-refractivity contribution in [3.8, 4) is 0 Å². The van der Waals surface area contributed by atoms with Gasteiger partial charge in [0, 0.05) is 11.1 Å². The van der Waals surface area contributed by atoms with Crippen LogP contribution in [0.25, 0.3) is 0 Å². The Hall–Kier alpha value is -0.640. The first-order chi connectivity index (χ1) is 8.70. The van der Waals surface area contributed by atoms with Crippen LogP contribution in [-0.2, 0) is 6.42 Å². The van der Waals surface area contributed by atoms with Gasteiger partial charge in [0.1, 0.15) is 5.82 Å². The summed E-state index contributed by atoms with van der Waals surface area (Å²) >= 11 is 6.11. The van der Waals surface area contributed by atoms with Crippen LogP contribution < -0.4 is 11.3 Å². The van der Waals surface area contributed by atoms with Crippen molar-refractivity contribution in [3.63, 3.8) is 0 Å². The molecule has 2 aliphatic carbocycles. The van der Waals surface area contributed by atoms with E-state index >= 15 is 0 Å². The van der Waals surface area contributed by atoms with E-state index in [0.717, 1.165) is 17.4 Å². The quantitative estimate of drug-likeness (QED) is 0.651. The van der Waals surface area contributed by atoms with Gasteiger partial charge in [0.2, 0.25) is 0 Å². The normalized spacial score (nSPS) is 31.2. The fourth-order valence-electron chi connectivity index (χ4n) is 3.72. The fourth-order valence-corrected chi connectivity index (χ4v) is 3.91. The summed E-state index contributed by atoms with van der Waals surface area (Å²) < 4.78 is 13.2. The average molecular weight is 269 g/mol. The highest BCUT2D eigenvalue weighted by Crippen LogP contribution is 2.59. The topological polar surface area (TPSA) is 38.0 Å². The minimum absolute atomic E-state index is 0.222. The summed E-state index contributed by atoms with van der Waals surface area (Å²) in [5.74, 6) is 7.75. The van der Waals surface area contributed by atoms with E-state index in [-0.39, 0.29) is 11.9 Å². The van der Waals surface area contributed by atoms with Crippen molar-refractivity contribution >= 4 is 11.6 Å². The molecular formula is C14H18ClFN2. The number of hydrazine groups is 1. The number of halogens is 2. The minimum Gasteiger partial charge on any atom is -0.271 e. The van der Waals surface area contributed by atoms with Crippen molar-refractivity contribution in [2.75, 3.05) is 0 Å². The van der Waals surface area contributed by atoms with E-state index in [4.69, 9.17) is 17.4 Å². The van der Waals surface area contributed by atoms with E-state index in [1.807, 2.05) is 0 Å². The maximum Gasteiger partial charge on any atom is 0.123 e. The van der Waals surface area contributed by atoms with Gasteiger partial charge < -0.3 is 0 Å². The molecule has 18 heavy (non-hydrogen) atoms. The molecule has 3 rings (SSSR count). The van der Waals surface area contributed by atoms with Crippen molar-refractivity contribution in [2.45, 2.75) is 31.7 Å². The largest absolute Gasteiger partial charge is 0.271 e. The molecule has 0 heterocycles. The minimum atomic E-state index is -0.235. The van der Waals surface area contributed by atoms with Crippen LogP contribution in [0.4, 0.5) is 4.39 Å². The van der Waals surface area contributed by atoms with Gasteiger partial charge >= 0.3 is 0 Å². The third kappa shape index (κ3) is 2.15. The number of benzene rings is 1. The second kappa shape index (κ2) is 4.80. The van der Waals surface area contributed by atoms with E-state index in [9.17, 15) is 4.39 Å². The zero-order chi connectivity index (χ0) is 12.7. The third-order valence-electron chi connectivity index (χ3n) is 4.60. The molecule has 3 N–H and O–H groups in total. The van der Waals surface area contributed by atoms with Gasteiger partial charge in [0.05, 0.1) is 0 Å². The zero-order valence-electron chi connectivity index (χ0n) is 10.2. The first-order valence-electron chi connectivity index (χ1n) is 6.60. The Morgan fingerprint density at radius 3 is 2.78 bits per heavy atom. The second-order valence-corrected chi connectivity index (χ2v) is 5.96. The Morgan fingerprint density at radius 2 is 2.11 bits per heavy atom.